The van der Waals surface area contributed by atoms with Gasteiger partial charge in [0.05, 0.1) is 13.2 Å². The van der Waals surface area contributed by atoms with E-state index < -0.39 is 17.5 Å². The molecular weight excluding hydrogens is 344 g/mol. The molecule has 11 nitrogen and oxygen atoms in total. The van der Waals surface area contributed by atoms with Crippen molar-refractivity contribution < 1.29 is 19.1 Å². The third-order valence-corrected chi connectivity index (χ3v) is 2.40. The number of nitrogens with zero attached hydrogens (tertiary/aromatic N) is 5. The molecule has 0 atom stereocenters. The smallest absolute Gasteiger partial charge is 0.362 e. The highest BCUT2D eigenvalue weighted by Gasteiger charge is 2.13. The minimum Gasteiger partial charge on any atom is -0.461 e. The van der Waals surface area contributed by atoms with Crippen molar-refractivity contribution in [3.63, 3.8) is 0 Å². The van der Waals surface area contributed by atoms with E-state index in [-0.39, 0.29) is 29.8 Å². The second kappa shape index (κ2) is 9.94. The molecule has 0 aliphatic rings. The molecule has 0 spiro atoms. The lowest BCUT2D eigenvalue weighted by molar-refractivity contribution is 0.0508. The molecule has 0 unspecified atom stereocenters. The Bertz CT molecular complexity index is 752. The van der Waals surface area contributed by atoms with Crippen LogP contribution in [0.2, 0.25) is 5.15 Å². The van der Waals surface area contributed by atoms with Gasteiger partial charge in [-0.1, -0.05) is 11.6 Å². The van der Waals surface area contributed by atoms with Gasteiger partial charge < -0.3 is 9.47 Å². The summed E-state index contributed by atoms with van der Waals surface area (Å²) in [6.07, 6.45) is 2.21. The maximum absolute atomic E-state index is 11.0. The number of hydrogen-bond acceptors (Lipinski definition) is 10. The highest BCUT2D eigenvalue weighted by molar-refractivity contribution is 6.31. The molecule has 2 rings (SSSR count). The van der Waals surface area contributed by atoms with Crippen molar-refractivity contribution in [3.8, 4) is 0 Å². The van der Waals surface area contributed by atoms with Gasteiger partial charge in [-0.25, -0.2) is 24.7 Å². The van der Waals surface area contributed by atoms with E-state index in [0.717, 1.165) is 12.7 Å². The van der Waals surface area contributed by atoms with Crippen molar-refractivity contribution in [1.29, 1.82) is 0 Å². The summed E-state index contributed by atoms with van der Waals surface area (Å²) in [4.78, 5) is 39.9. The van der Waals surface area contributed by atoms with E-state index in [1.165, 1.54) is 0 Å². The fourth-order valence-corrected chi connectivity index (χ4v) is 1.40. The van der Waals surface area contributed by atoms with E-state index in [1.54, 1.807) is 13.8 Å². The second-order valence-corrected chi connectivity index (χ2v) is 4.06. The SMILES string of the molecule is CCOC(=O)c1ncn[nH]c1=O.CCOC(=O)c1ncnnc1Cl. The first kappa shape index (κ1) is 19.1. The number of carbonyl (C=O) groups excluding carboxylic acids is 2. The van der Waals surface area contributed by atoms with Gasteiger partial charge in [-0.2, -0.15) is 5.10 Å². The highest BCUT2D eigenvalue weighted by atomic mass is 35.5. The lowest BCUT2D eigenvalue weighted by Gasteiger charge is -1.99. The Morgan fingerprint density at radius 2 is 1.67 bits per heavy atom. The summed E-state index contributed by atoms with van der Waals surface area (Å²) in [5.41, 5.74) is -0.920. The molecule has 0 fully saturated rings. The van der Waals surface area contributed by atoms with Crippen molar-refractivity contribution in [3.05, 3.63) is 39.5 Å². The Kier molecular flexibility index (Phi) is 7.91. The average Bonchev–Trinajstić information content (AvgIpc) is 2.56. The zero-order valence-corrected chi connectivity index (χ0v) is 13.5. The van der Waals surface area contributed by atoms with Gasteiger partial charge in [0.15, 0.2) is 10.8 Å². The third-order valence-electron chi connectivity index (χ3n) is 2.14. The molecule has 12 heteroatoms. The summed E-state index contributed by atoms with van der Waals surface area (Å²) < 4.78 is 9.21. The van der Waals surface area contributed by atoms with Gasteiger partial charge >= 0.3 is 11.9 Å². The first-order chi connectivity index (χ1) is 11.5. The van der Waals surface area contributed by atoms with E-state index in [2.05, 4.69) is 39.8 Å². The molecule has 0 aliphatic heterocycles. The molecule has 0 aliphatic carbocycles. The van der Waals surface area contributed by atoms with Crippen LogP contribution >= 0.6 is 11.6 Å². The quantitative estimate of drug-likeness (QED) is 0.743. The Morgan fingerprint density at radius 3 is 2.21 bits per heavy atom. The van der Waals surface area contributed by atoms with E-state index in [1.807, 2.05) is 0 Å². The molecule has 2 heterocycles. The van der Waals surface area contributed by atoms with Crippen LogP contribution in [0.4, 0.5) is 0 Å². The standard InChI is InChI=1S/C6H6ClN3O2.C6H7N3O3/c1-2-12-6(11)4-5(7)10-9-3-8-4;1-2-12-6(11)4-5(10)9-8-3-7-4/h3H,2H2,1H3;3H,2H2,1H3,(H,9,10). The van der Waals surface area contributed by atoms with Crippen molar-refractivity contribution in [2.45, 2.75) is 13.8 Å². The van der Waals surface area contributed by atoms with Gasteiger partial charge in [-0.15, -0.1) is 10.2 Å². The molecule has 2 aromatic heterocycles. The molecule has 0 saturated carbocycles. The molecule has 0 saturated heterocycles. The first-order valence-electron chi connectivity index (χ1n) is 6.58. The molecule has 1 N–H and O–H groups in total. The predicted octanol–water partition coefficient (Wildman–Crippen LogP) is 0.0433. The Labute approximate surface area is 140 Å². The number of hydrogen-bond donors (Lipinski definition) is 1. The third kappa shape index (κ3) is 5.68. The Morgan fingerprint density at radius 1 is 1.08 bits per heavy atom. The van der Waals surface area contributed by atoms with Crippen molar-refractivity contribution in [1.82, 2.24) is 30.4 Å². The monoisotopic (exact) mass is 356 g/mol. The van der Waals surface area contributed by atoms with E-state index in [0.29, 0.717) is 0 Å². The summed E-state index contributed by atoms with van der Waals surface area (Å²) in [7, 11) is 0. The average molecular weight is 357 g/mol. The molecular formula is C12H13ClN6O5. The van der Waals surface area contributed by atoms with Crippen LogP contribution in [0.25, 0.3) is 0 Å². The zero-order chi connectivity index (χ0) is 17.9. The van der Waals surface area contributed by atoms with Crippen LogP contribution in [-0.2, 0) is 9.47 Å². The zero-order valence-electron chi connectivity index (χ0n) is 12.7. The minimum absolute atomic E-state index is 0.00600. The molecule has 0 amide bonds. The van der Waals surface area contributed by atoms with Gasteiger partial charge in [0, 0.05) is 0 Å². The van der Waals surface area contributed by atoms with Gasteiger partial charge in [-0.3, -0.25) is 4.79 Å². The van der Waals surface area contributed by atoms with Crippen LogP contribution in [0, 0.1) is 0 Å². The maximum Gasteiger partial charge on any atom is 0.362 e. The van der Waals surface area contributed by atoms with Gasteiger partial charge in [0.1, 0.15) is 12.7 Å². The van der Waals surface area contributed by atoms with Gasteiger partial charge in [0.25, 0.3) is 5.56 Å². The minimum atomic E-state index is -0.735. The predicted molar refractivity (Wildman–Crippen MR) is 79.4 cm³/mol. The van der Waals surface area contributed by atoms with Crippen LogP contribution in [0.15, 0.2) is 17.4 Å². The lowest BCUT2D eigenvalue weighted by Crippen LogP contribution is -2.22. The molecule has 0 aromatic carbocycles. The number of nitrogens with one attached hydrogen (secondary N) is 1. The summed E-state index contributed by atoms with van der Waals surface area (Å²) in [5, 5.41) is 12.2. The Balaban J connectivity index is 0.000000240. The van der Waals surface area contributed by atoms with Gasteiger partial charge in [-0.05, 0) is 13.8 Å². The molecule has 128 valence electrons. The number of rotatable bonds is 4. The second-order valence-electron chi connectivity index (χ2n) is 3.70. The van der Waals surface area contributed by atoms with E-state index in [9.17, 15) is 14.4 Å². The molecule has 24 heavy (non-hydrogen) atoms. The van der Waals surface area contributed by atoms with Crippen LogP contribution in [0.1, 0.15) is 34.8 Å². The fourth-order valence-electron chi connectivity index (χ4n) is 1.23. The molecule has 2 aromatic rings. The summed E-state index contributed by atoms with van der Waals surface area (Å²) >= 11 is 5.52. The van der Waals surface area contributed by atoms with Crippen molar-refractivity contribution in [2.24, 2.45) is 0 Å². The number of halogens is 1. The summed E-state index contributed by atoms with van der Waals surface area (Å²) in [5.74, 6) is -1.32. The summed E-state index contributed by atoms with van der Waals surface area (Å²) in [6.45, 7) is 3.83. The number of H-pyrrole nitrogens is 1. The number of carbonyl (C=O) groups is 2. The van der Waals surface area contributed by atoms with Crippen LogP contribution < -0.4 is 5.56 Å². The largest absolute Gasteiger partial charge is 0.461 e. The maximum atomic E-state index is 11.0. The Hall–Kier alpha value is -2.95. The topological polar surface area (TPSA) is 150 Å². The molecule has 0 bridgehead atoms. The number of esters is 2. The number of aromatic nitrogens is 6. The van der Waals surface area contributed by atoms with Crippen molar-refractivity contribution >= 4 is 23.5 Å². The van der Waals surface area contributed by atoms with Gasteiger partial charge in [0.2, 0.25) is 5.69 Å². The highest BCUT2D eigenvalue weighted by Crippen LogP contribution is 2.08. The van der Waals surface area contributed by atoms with Crippen LogP contribution in [-0.4, -0.2) is 55.5 Å². The lowest BCUT2D eigenvalue weighted by atomic mass is 10.5. The number of aromatic amines is 1. The van der Waals surface area contributed by atoms with E-state index >= 15 is 0 Å². The summed E-state index contributed by atoms with van der Waals surface area (Å²) in [6, 6.07) is 0. The van der Waals surface area contributed by atoms with Crippen molar-refractivity contribution in [2.75, 3.05) is 13.2 Å². The van der Waals surface area contributed by atoms with Crippen LogP contribution in [0.3, 0.4) is 0 Å². The fraction of sp³-hybridized carbons (Fsp3) is 0.333. The normalized spacial score (nSPS) is 9.46. The van der Waals surface area contributed by atoms with Crippen LogP contribution in [0.5, 0.6) is 0 Å². The molecule has 0 radical (unpaired) electrons. The first-order valence-corrected chi connectivity index (χ1v) is 6.96. The number of ether oxygens (including phenoxy) is 2. The van der Waals surface area contributed by atoms with E-state index in [4.69, 9.17) is 11.6 Å².